The smallest absolute Gasteiger partial charge is 0.319 e. The SMILES string of the molecule is Cc1cc(C(=O)Nc2cnn3c2C(=O)C(c2ccc(C(F)(F)F)c(Cl)c2)C[C@@H]3C)ccn1. The number of anilines is 1. The lowest BCUT2D eigenvalue weighted by Gasteiger charge is -2.28. The van der Waals surface area contributed by atoms with Crippen molar-refractivity contribution in [2.24, 2.45) is 0 Å². The van der Waals surface area contributed by atoms with Gasteiger partial charge in [0.1, 0.15) is 5.69 Å². The molecule has 1 aliphatic rings. The number of Topliss-reactive ketones (excluding diaryl/α,β-unsaturated/α-hetero) is 1. The normalized spacial score (nSPS) is 18.4. The van der Waals surface area contributed by atoms with Gasteiger partial charge in [-0.05, 0) is 50.1 Å². The number of benzene rings is 1. The monoisotopic (exact) mass is 462 g/mol. The minimum Gasteiger partial charge on any atom is -0.319 e. The Morgan fingerprint density at radius 3 is 2.66 bits per heavy atom. The molecule has 10 heteroatoms. The fourth-order valence-corrected chi connectivity index (χ4v) is 4.19. The Labute approximate surface area is 186 Å². The number of carbonyl (C=O) groups excluding carboxylic acids is 2. The molecular formula is C22H18ClF3N4O2. The van der Waals surface area contributed by atoms with E-state index in [-0.39, 0.29) is 23.2 Å². The molecule has 4 rings (SSSR count). The number of halogens is 4. The van der Waals surface area contributed by atoms with Crippen molar-refractivity contribution in [2.75, 3.05) is 5.32 Å². The molecule has 0 aliphatic carbocycles. The summed E-state index contributed by atoms with van der Waals surface area (Å²) in [6, 6.07) is 6.29. The minimum atomic E-state index is -4.58. The highest BCUT2D eigenvalue weighted by Crippen LogP contribution is 2.41. The van der Waals surface area contributed by atoms with Gasteiger partial charge in [-0.15, -0.1) is 0 Å². The van der Waals surface area contributed by atoms with E-state index in [0.29, 0.717) is 23.2 Å². The summed E-state index contributed by atoms with van der Waals surface area (Å²) in [5.74, 6) is -1.49. The van der Waals surface area contributed by atoms with Gasteiger partial charge in [0.05, 0.1) is 34.4 Å². The highest BCUT2D eigenvalue weighted by Gasteiger charge is 2.38. The van der Waals surface area contributed by atoms with Gasteiger partial charge < -0.3 is 5.32 Å². The lowest BCUT2D eigenvalue weighted by Crippen LogP contribution is -2.29. The van der Waals surface area contributed by atoms with E-state index in [1.54, 1.807) is 19.1 Å². The van der Waals surface area contributed by atoms with Crippen LogP contribution in [0.25, 0.3) is 0 Å². The molecule has 0 radical (unpaired) electrons. The quantitative estimate of drug-likeness (QED) is 0.562. The van der Waals surface area contributed by atoms with Crippen molar-refractivity contribution in [3.8, 4) is 0 Å². The summed E-state index contributed by atoms with van der Waals surface area (Å²) in [5.41, 5.74) is 0.908. The molecule has 3 aromatic rings. The number of carbonyl (C=O) groups is 2. The third-order valence-corrected chi connectivity index (χ3v) is 5.76. The van der Waals surface area contributed by atoms with Crippen LogP contribution in [-0.2, 0) is 6.18 Å². The molecule has 1 aromatic carbocycles. The Hall–Kier alpha value is -3.20. The maximum Gasteiger partial charge on any atom is 0.417 e. The summed E-state index contributed by atoms with van der Waals surface area (Å²) in [7, 11) is 0. The summed E-state index contributed by atoms with van der Waals surface area (Å²) >= 11 is 5.87. The number of nitrogens with one attached hydrogen (secondary N) is 1. The summed E-state index contributed by atoms with van der Waals surface area (Å²) in [6.07, 6.45) is -1.33. The van der Waals surface area contributed by atoms with Crippen LogP contribution in [0.2, 0.25) is 5.02 Å². The second-order valence-electron chi connectivity index (χ2n) is 7.73. The molecule has 1 unspecified atom stereocenters. The maximum atomic E-state index is 13.3. The number of alkyl halides is 3. The average molecular weight is 463 g/mol. The highest BCUT2D eigenvalue weighted by atomic mass is 35.5. The van der Waals surface area contributed by atoms with Gasteiger partial charge in [-0.2, -0.15) is 18.3 Å². The van der Waals surface area contributed by atoms with Crippen molar-refractivity contribution in [1.29, 1.82) is 0 Å². The predicted octanol–water partition coefficient (Wildman–Crippen LogP) is 5.44. The van der Waals surface area contributed by atoms with E-state index in [1.165, 1.54) is 29.2 Å². The molecule has 0 saturated heterocycles. The van der Waals surface area contributed by atoms with Crippen LogP contribution in [0.5, 0.6) is 0 Å². The maximum absolute atomic E-state index is 13.3. The zero-order valence-electron chi connectivity index (χ0n) is 17.1. The lowest BCUT2D eigenvalue weighted by molar-refractivity contribution is -0.137. The van der Waals surface area contributed by atoms with E-state index in [4.69, 9.17) is 11.6 Å². The molecule has 0 bridgehead atoms. The van der Waals surface area contributed by atoms with Crippen molar-refractivity contribution in [1.82, 2.24) is 14.8 Å². The van der Waals surface area contributed by atoms with Crippen molar-refractivity contribution < 1.29 is 22.8 Å². The van der Waals surface area contributed by atoms with E-state index in [0.717, 1.165) is 6.07 Å². The molecule has 166 valence electrons. The van der Waals surface area contributed by atoms with Gasteiger partial charge in [0.15, 0.2) is 5.78 Å². The van der Waals surface area contributed by atoms with Crippen molar-refractivity contribution in [3.05, 3.63) is 75.8 Å². The van der Waals surface area contributed by atoms with E-state index >= 15 is 0 Å². The molecule has 1 N–H and O–H groups in total. The number of aromatic nitrogens is 3. The first kappa shape index (κ1) is 22.0. The molecule has 0 spiro atoms. The summed E-state index contributed by atoms with van der Waals surface area (Å²) in [5, 5.41) is 6.49. The first-order chi connectivity index (χ1) is 15.1. The van der Waals surface area contributed by atoms with Gasteiger partial charge in [0.2, 0.25) is 0 Å². The molecule has 3 heterocycles. The standard InChI is InChI=1S/C22H18ClF3N4O2/c1-11-7-14(5-6-27-11)21(32)29-18-10-28-30-12(2)8-15(20(31)19(18)30)13-3-4-16(17(23)9-13)22(24,25)26/h3-7,9-10,12,15H,8H2,1-2H3,(H,29,32)/t12-,15?/m0/s1. The summed E-state index contributed by atoms with van der Waals surface area (Å²) < 4.78 is 40.7. The number of pyridine rings is 1. The molecule has 1 aliphatic heterocycles. The Kier molecular flexibility index (Phi) is 5.54. The lowest BCUT2D eigenvalue weighted by atomic mass is 9.84. The first-order valence-corrected chi connectivity index (χ1v) is 10.2. The van der Waals surface area contributed by atoms with Gasteiger partial charge in [-0.25, -0.2) is 0 Å². The third kappa shape index (κ3) is 4.00. The highest BCUT2D eigenvalue weighted by molar-refractivity contribution is 6.31. The van der Waals surface area contributed by atoms with Crippen LogP contribution >= 0.6 is 11.6 Å². The van der Waals surface area contributed by atoms with Crippen molar-refractivity contribution in [3.63, 3.8) is 0 Å². The summed E-state index contributed by atoms with van der Waals surface area (Å²) in [6.45, 7) is 3.60. The third-order valence-electron chi connectivity index (χ3n) is 5.45. The second kappa shape index (κ2) is 8.05. The van der Waals surface area contributed by atoms with Crippen molar-refractivity contribution >= 4 is 29.0 Å². The number of hydrogen-bond donors (Lipinski definition) is 1. The molecule has 1 amide bonds. The van der Waals surface area contributed by atoms with Gasteiger partial charge >= 0.3 is 6.18 Å². The topological polar surface area (TPSA) is 76.9 Å². The fraction of sp³-hybridized carbons (Fsp3) is 0.273. The Bertz CT molecular complexity index is 1220. The van der Waals surface area contributed by atoms with Crippen LogP contribution in [0.1, 0.15) is 63.0 Å². The number of rotatable bonds is 3. The number of fused-ring (bicyclic) bond motifs is 1. The molecule has 0 fully saturated rings. The predicted molar refractivity (Wildman–Crippen MR) is 112 cm³/mol. The molecule has 2 aromatic heterocycles. The number of aryl methyl sites for hydroxylation is 1. The van der Waals surface area contributed by atoms with E-state index < -0.39 is 28.6 Å². The van der Waals surface area contributed by atoms with E-state index in [9.17, 15) is 22.8 Å². The van der Waals surface area contributed by atoms with Gasteiger partial charge in [0, 0.05) is 17.5 Å². The number of nitrogens with zero attached hydrogens (tertiary/aromatic N) is 3. The zero-order valence-corrected chi connectivity index (χ0v) is 17.8. The molecule has 0 saturated carbocycles. The van der Waals surface area contributed by atoms with Crippen LogP contribution in [0.15, 0.2) is 42.7 Å². The van der Waals surface area contributed by atoms with Crippen LogP contribution in [0.4, 0.5) is 18.9 Å². The minimum absolute atomic E-state index is 0.198. The van der Waals surface area contributed by atoms with Gasteiger partial charge in [-0.1, -0.05) is 17.7 Å². The van der Waals surface area contributed by atoms with Gasteiger partial charge in [-0.3, -0.25) is 19.3 Å². The first-order valence-electron chi connectivity index (χ1n) is 9.78. The fourth-order valence-electron chi connectivity index (χ4n) is 3.89. The summed E-state index contributed by atoms with van der Waals surface area (Å²) in [4.78, 5) is 30.0. The molecule has 6 nitrogen and oxygen atoms in total. The number of ketones is 1. The second-order valence-corrected chi connectivity index (χ2v) is 8.14. The zero-order chi connectivity index (χ0) is 23.2. The largest absolute Gasteiger partial charge is 0.417 e. The van der Waals surface area contributed by atoms with Crippen LogP contribution in [-0.4, -0.2) is 26.5 Å². The Morgan fingerprint density at radius 1 is 1.25 bits per heavy atom. The van der Waals surface area contributed by atoms with E-state index in [2.05, 4.69) is 15.4 Å². The Balaban J connectivity index is 1.66. The average Bonchev–Trinajstić information content (AvgIpc) is 3.14. The number of amides is 1. The van der Waals surface area contributed by atoms with Crippen LogP contribution < -0.4 is 5.32 Å². The molecule has 32 heavy (non-hydrogen) atoms. The van der Waals surface area contributed by atoms with Gasteiger partial charge in [0.25, 0.3) is 5.91 Å². The van der Waals surface area contributed by atoms with Crippen LogP contribution in [0, 0.1) is 6.92 Å². The molecular weight excluding hydrogens is 445 g/mol. The van der Waals surface area contributed by atoms with Crippen LogP contribution in [0.3, 0.4) is 0 Å². The molecule has 2 atom stereocenters. The van der Waals surface area contributed by atoms with E-state index in [1.807, 2.05) is 6.92 Å². The number of hydrogen-bond acceptors (Lipinski definition) is 4. The Morgan fingerprint density at radius 2 is 2.00 bits per heavy atom. The van der Waals surface area contributed by atoms with Crippen molar-refractivity contribution in [2.45, 2.75) is 38.4 Å².